The summed E-state index contributed by atoms with van der Waals surface area (Å²) in [5.74, 6) is 0. The highest BCUT2D eigenvalue weighted by atomic mass is 32.2. The van der Waals surface area contributed by atoms with Crippen LogP contribution in [-0.2, 0) is 16.6 Å². The van der Waals surface area contributed by atoms with E-state index in [0.717, 1.165) is 0 Å². The fourth-order valence-corrected chi connectivity index (χ4v) is 2.71. The van der Waals surface area contributed by atoms with Gasteiger partial charge in [0.15, 0.2) is 0 Å². The van der Waals surface area contributed by atoms with Gasteiger partial charge in [0, 0.05) is 31.6 Å². The molecule has 0 saturated heterocycles. The van der Waals surface area contributed by atoms with Gasteiger partial charge in [0.05, 0.1) is 18.1 Å². The maximum absolute atomic E-state index is 12.2. The van der Waals surface area contributed by atoms with Gasteiger partial charge in [-0.05, 0) is 20.3 Å². The molecule has 9 heteroatoms. The summed E-state index contributed by atoms with van der Waals surface area (Å²) in [5, 5.41) is 16.8. The zero-order valence-corrected chi connectivity index (χ0v) is 12.8. The Bertz CT molecular complexity index is 689. The minimum atomic E-state index is -3.68. The SMILES string of the molecule is CC(C)n1cc(NS(=O)(=O)c2cnn(CCCO)c2)cn1. The van der Waals surface area contributed by atoms with Gasteiger partial charge in [0.25, 0.3) is 10.0 Å². The third kappa shape index (κ3) is 3.82. The van der Waals surface area contributed by atoms with Crippen LogP contribution in [-0.4, -0.2) is 39.7 Å². The molecule has 0 spiro atoms. The van der Waals surface area contributed by atoms with Crippen molar-refractivity contribution in [1.82, 2.24) is 19.6 Å². The van der Waals surface area contributed by atoms with Gasteiger partial charge in [0.2, 0.25) is 0 Å². The summed E-state index contributed by atoms with van der Waals surface area (Å²) < 4.78 is 30.1. The first-order chi connectivity index (χ1) is 9.92. The summed E-state index contributed by atoms with van der Waals surface area (Å²) in [7, 11) is -3.68. The maximum atomic E-state index is 12.2. The molecule has 0 fully saturated rings. The van der Waals surface area contributed by atoms with Crippen LogP contribution >= 0.6 is 0 Å². The third-order valence-corrected chi connectivity index (χ3v) is 4.18. The monoisotopic (exact) mass is 313 g/mol. The van der Waals surface area contributed by atoms with Crippen LogP contribution in [0.2, 0.25) is 0 Å². The smallest absolute Gasteiger partial charge is 0.265 e. The molecule has 2 heterocycles. The van der Waals surface area contributed by atoms with E-state index in [9.17, 15) is 8.42 Å². The quantitative estimate of drug-likeness (QED) is 0.789. The van der Waals surface area contributed by atoms with E-state index in [1.807, 2.05) is 13.8 Å². The van der Waals surface area contributed by atoms with Gasteiger partial charge in [-0.1, -0.05) is 0 Å². The van der Waals surface area contributed by atoms with Gasteiger partial charge in [-0.3, -0.25) is 14.1 Å². The first-order valence-electron chi connectivity index (χ1n) is 6.62. The third-order valence-electron chi connectivity index (χ3n) is 2.85. The van der Waals surface area contributed by atoms with E-state index in [2.05, 4.69) is 14.9 Å². The molecule has 0 bridgehead atoms. The lowest BCUT2D eigenvalue weighted by Gasteiger charge is -2.04. The molecule has 116 valence electrons. The van der Waals surface area contributed by atoms with E-state index in [-0.39, 0.29) is 17.5 Å². The predicted molar refractivity (Wildman–Crippen MR) is 77.4 cm³/mol. The van der Waals surface area contributed by atoms with Gasteiger partial charge in [0.1, 0.15) is 4.90 Å². The number of nitrogens with zero attached hydrogens (tertiary/aromatic N) is 4. The number of anilines is 1. The highest BCUT2D eigenvalue weighted by Gasteiger charge is 2.17. The van der Waals surface area contributed by atoms with Crippen molar-refractivity contribution in [1.29, 1.82) is 0 Å². The average Bonchev–Trinajstić information content (AvgIpc) is 3.04. The molecule has 2 rings (SSSR count). The van der Waals surface area contributed by atoms with Crippen LogP contribution in [0.3, 0.4) is 0 Å². The number of aryl methyl sites for hydroxylation is 1. The molecule has 0 aliphatic heterocycles. The molecule has 2 aromatic rings. The number of rotatable bonds is 7. The van der Waals surface area contributed by atoms with Crippen molar-refractivity contribution in [3.8, 4) is 0 Å². The number of nitrogens with one attached hydrogen (secondary N) is 1. The Kier molecular flexibility index (Phi) is 4.63. The van der Waals surface area contributed by atoms with Crippen LogP contribution in [0.5, 0.6) is 0 Å². The molecular formula is C12H19N5O3S. The van der Waals surface area contributed by atoms with Gasteiger partial charge in [-0.25, -0.2) is 8.42 Å². The first-order valence-corrected chi connectivity index (χ1v) is 8.11. The largest absolute Gasteiger partial charge is 0.396 e. The molecule has 0 aromatic carbocycles. The molecule has 0 aliphatic rings. The van der Waals surface area contributed by atoms with Gasteiger partial charge >= 0.3 is 0 Å². The Balaban J connectivity index is 2.11. The number of aliphatic hydroxyl groups is 1. The van der Waals surface area contributed by atoms with Crippen molar-refractivity contribution < 1.29 is 13.5 Å². The summed E-state index contributed by atoms with van der Waals surface area (Å²) in [5.41, 5.74) is 0.409. The number of aromatic nitrogens is 4. The van der Waals surface area contributed by atoms with Crippen LogP contribution < -0.4 is 4.72 Å². The van der Waals surface area contributed by atoms with Crippen molar-refractivity contribution in [2.45, 2.75) is 37.8 Å². The molecule has 8 nitrogen and oxygen atoms in total. The lowest BCUT2D eigenvalue weighted by molar-refractivity contribution is 0.277. The molecule has 0 radical (unpaired) electrons. The number of sulfonamides is 1. The van der Waals surface area contributed by atoms with E-state index < -0.39 is 10.0 Å². The van der Waals surface area contributed by atoms with E-state index in [0.29, 0.717) is 18.7 Å². The second kappa shape index (κ2) is 6.27. The second-order valence-electron chi connectivity index (χ2n) is 4.92. The van der Waals surface area contributed by atoms with Crippen molar-refractivity contribution >= 4 is 15.7 Å². The molecule has 2 aromatic heterocycles. The van der Waals surface area contributed by atoms with Gasteiger partial charge in [-0.15, -0.1) is 0 Å². The highest BCUT2D eigenvalue weighted by Crippen LogP contribution is 2.16. The van der Waals surface area contributed by atoms with Crippen molar-refractivity contribution in [2.75, 3.05) is 11.3 Å². The zero-order valence-electron chi connectivity index (χ0n) is 12.0. The van der Waals surface area contributed by atoms with Crippen LogP contribution in [0.15, 0.2) is 29.7 Å². The van der Waals surface area contributed by atoms with E-state index >= 15 is 0 Å². The summed E-state index contributed by atoms with van der Waals surface area (Å²) in [6.45, 7) is 4.42. The van der Waals surface area contributed by atoms with Crippen LogP contribution in [0.1, 0.15) is 26.3 Å². The standard InChI is InChI=1S/C12H19N5O3S/c1-10(2)17-8-11(6-14-17)15-21(19,20)12-7-13-16(9-12)4-3-5-18/h6-10,15,18H,3-5H2,1-2H3. The second-order valence-corrected chi connectivity index (χ2v) is 6.61. The fraction of sp³-hybridized carbons (Fsp3) is 0.500. The Labute approximate surface area is 123 Å². The Morgan fingerprint density at radius 1 is 1.29 bits per heavy atom. The Morgan fingerprint density at radius 2 is 2.05 bits per heavy atom. The van der Waals surface area contributed by atoms with Gasteiger partial charge < -0.3 is 5.11 Å². The van der Waals surface area contributed by atoms with Crippen molar-refractivity contribution in [3.05, 3.63) is 24.8 Å². The van der Waals surface area contributed by atoms with Crippen LogP contribution in [0.25, 0.3) is 0 Å². The predicted octanol–water partition coefficient (Wildman–Crippen LogP) is 0.844. The minimum Gasteiger partial charge on any atom is -0.396 e. The maximum Gasteiger partial charge on any atom is 0.265 e. The molecule has 0 atom stereocenters. The van der Waals surface area contributed by atoms with Crippen LogP contribution in [0, 0.1) is 0 Å². The van der Waals surface area contributed by atoms with Gasteiger partial charge in [-0.2, -0.15) is 10.2 Å². The first kappa shape index (κ1) is 15.5. The summed E-state index contributed by atoms with van der Waals surface area (Å²) in [4.78, 5) is 0.0812. The molecule has 0 saturated carbocycles. The van der Waals surface area contributed by atoms with E-state index in [1.165, 1.54) is 23.3 Å². The molecule has 2 N–H and O–H groups in total. The normalized spacial score (nSPS) is 12.0. The lowest BCUT2D eigenvalue weighted by atomic mass is 10.4. The summed E-state index contributed by atoms with van der Waals surface area (Å²) >= 11 is 0. The van der Waals surface area contributed by atoms with E-state index in [1.54, 1.807) is 10.9 Å². The molecule has 0 amide bonds. The molecule has 0 aliphatic carbocycles. The number of hydrogen-bond donors (Lipinski definition) is 2. The Hall–Kier alpha value is -1.87. The molecular weight excluding hydrogens is 294 g/mol. The topological polar surface area (TPSA) is 102 Å². The van der Waals surface area contributed by atoms with E-state index in [4.69, 9.17) is 5.11 Å². The van der Waals surface area contributed by atoms with Crippen molar-refractivity contribution in [3.63, 3.8) is 0 Å². The Morgan fingerprint density at radius 3 is 2.67 bits per heavy atom. The molecule has 0 unspecified atom stereocenters. The lowest BCUT2D eigenvalue weighted by Crippen LogP contribution is -2.12. The highest BCUT2D eigenvalue weighted by molar-refractivity contribution is 7.92. The zero-order chi connectivity index (χ0) is 15.5. The summed E-state index contributed by atoms with van der Waals surface area (Å²) in [6, 6.07) is 0.157. The summed E-state index contributed by atoms with van der Waals surface area (Å²) in [6.07, 6.45) is 6.35. The molecule has 21 heavy (non-hydrogen) atoms. The fourth-order valence-electron chi connectivity index (χ4n) is 1.73. The van der Waals surface area contributed by atoms with Crippen molar-refractivity contribution in [2.24, 2.45) is 0 Å². The minimum absolute atomic E-state index is 0.0363. The van der Waals surface area contributed by atoms with Crippen LogP contribution in [0.4, 0.5) is 5.69 Å². The number of aliphatic hydroxyl groups excluding tert-OH is 1. The number of hydrogen-bond acceptors (Lipinski definition) is 5. The average molecular weight is 313 g/mol.